The van der Waals surface area contributed by atoms with Gasteiger partial charge in [0.2, 0.25) is 0 Å². The Kier molecular flexibility index (Phi) is 4.20. The Bertz CT molecular complexity index is 148. The average Bonchev–Trinajstić information content (AvgIpc) is 1.85. The molecule has 0 saturated carbocycles. The zero-order valence-electron chi connectivity index (χ0n) is 8.18. The Morgan fingerprint density at radius 1 is 1.58 bits per heavy atom. The maximum absolute atomic E-state index is 11.3. The van der Waals surface area contributed by atoms with Crippen LogP contribution in [0.15, 0.2) is 0 Å². The highest BCUT2D eigenvalue weighted by Gasteiger charge is 2.20. The summed E-state index contributed by atoms with van der Waals surface area (Å²) < 4.78 is 4.87. The summed E-state index contributed by atoms with van der Waals surface area (Å²) in [5.74, 6) is -0.160. The fourth-order valence-corrected chi connectivity index (χ4v) is 0.760. The van der Waals surface area contributed by atoms with Gasteiger partial charge >= 0.3 is 0 Å². The number of amides is 1. The van der Waals surface area contributed by atoms with E-state index in [1.807, 2.05) is 20.8 Å². The number of rotatable bonds is 3. The number of carbonyl (C=O) groups is 1. The van der Waals surface area contributed by atoms with Crippen molar-refractivity contribution in [2.24, 2.45) is 5.73 Å². The molecule has 0 fully saturated rings. The van der Waals surface area contributed by atoms with Crippen LogP contribution >= 0.6 is 0 Å². The number of hydrogen-bond donors (Lipinski definition) is 2. The van der Waals surface area contributed by atoms with Gasteiger partial charge in [-0.15, -0.1) is 0 Å². The van der Waals surface area contributed by atoms with Gasteiger partial charge in [0.05, 0.1) is 0 Å². The summed E-state index contributed by atoms with van der Waals surface area (Å²) in [4.78, 5) is 11.3. The smallest absolute Gasteiger partial charge is 0.250 e. The molecule has 0 radical (unpaired) electrons. The minimum Gasteiger partial charge on any atom is -0.370 e. The summed E-state index contributed by atoms with van der Waals surface area (Å²) in [5, 5.41) is 2.78. The van der Waals surface area contributed by atoms with Crippen LogP contribution in [-0.2, 0) is 9.53 Å². The first-order valence-electron chi connectivity index (χ1n) is 3.95. The summed E-state index contributed by atoms with van der Waals surface area (Å²) in [6.07, 6.45) is -0.538. The summed E-state index contributed by atoms with van der Waals surface area (Å²) in [6, 6.07) is 0. The Morgan fingerprint density at radius 3 is 2.33 bits per heavy atom. The molecule has 0 aromatic carbocycles. The highest BCUT2D eigenvalue weighted by molar-refractivity contribution is 5.81. The molecule has 1 atom stereocenters. The van der Waals surface area contributed by atoms with E-state index in [9.17, 15) is 4.79 Å². The quantitative estimate of drug-likeness (QED) is 0.626. The predicted molar refractivity (Wildman–Crippen MR) is 47.7 cm³/mol. The second-order valence-corrected chi connectivity index (χ2v) is 3.70. The molecule has 0 rings (SSSR count). The highest BCUT2D eigenvalue weighted by Crippen LogP contribution is 2.00. The molecular formula is C8H18N2O2. The molecule has 0 heterocycles. The fraction of sp³-hybridized carbons (Fsp3) is 0.875. The number of nitrogens with two attached hydrogens (primary N) is 1. The maximum Gasteiger partial charge on any atom is 0.250 e. The molecule has 3 N–H and O–H groups in total. The van der Waals surface area contributed by atoms with Gasteiger partial charge in [-0.2, -0.15) is 0 Å². The molecule has 1 unspecified atom stereocenters. The van der Waals surface area contributed by atoms with E-state index in [-0.39, 0.29) is 18.0 Å². The largest absolute Gasteiger partial charge is 0.370 e. The van der Waals surface area contributed by atoms with Crippen molar-refractivity contribution in [1.82, 2.24) is 5.32 Å². The van der Waals surface area contributed by atoms with Gasteiger partial charge in [0.1, 0.15) is 6.10 Å². The van der Waals surface area contributed by atoms with E-state index >= 15 is 0 Å². The van der Waals surface area contributed by atoms with Crippen LogP contribution in [0.3, 0.4) is 0 Å². The molecule has 0 aliphatic heterocycles. The van der Waals surface area contributed by atoms with Crippen LogP contribution in [0.4, 0.5) is 0 Å². The Labute approximate surface area is 73.5 Å². The van der Waals surface area contributed by atoms with Crippen molar-refractivity contribution in [3.05, 3.63) is 0 Å². The van der Waals surface area contributed by atoms with Gasteiger partial charge in [-0.05, 0) is 20.8 Å². The van der Waals surface area contributed by atoms with Crippen LogP contribution in [0.2, 0.25) is 0 Å². The molecule has 72 valence electrons. The third-order valence-corrected chi connectivity index (χ3v) is 1.29. The molecule has 1 amide bonds. The van der Waals surface area contributed by atoms with Crippen molar-refractivity contribution in [2.75, 3.05) is 13.7 Å². The number of ether oxygens (including phenoxy) is 1. The summed E-state index contributed by atoms with van der Waals surface area (Å²) in [5.41, 5.74) is 5.08. The van der Waals surface area contributed by atoms with E-state index in [2.05, 4.69) is 5.32 Å². The van der Waals surface area contributed by atoms with Gasteiger partial charge < -0.3 is 15.8 Å². The third-order valence-electron chi connectivity index (χ3n) is 1.29. The second-order valence-electron chi connectivity index (χ2n) is 3.70. The highest BCUT2D eigenvalue weighted by atomic mass is 16.5. The minimum atomic E-state index is -0.538. The molecule has 0 aliphatic carbocycles. The summed E-state index contributed by atoms with van der Waals surface area (Å²) in [6.45, 7) is 5.94. The van der Waals surface area contributed by atoms with Crippen molar-refractivity contribution in [3.8, 4) is 0 Å². The number of nitrogens with one attached hydrogen (secondary N) is 1. The lowest BCUT2D eigenvalue weighted by molar-refractivity contribution is -0.131. The molecule has 0 aromatic rings. The molecule has 0 aliphatic rings. The molecule has 0 aromatic heterocycles. The van der Waals surface area contributed by atoms with Gasteiger partial charge in [0.25, 0.3) is 5.91 Å². The van der Waals surface area contributed by atoms with Crippen LogP contribution in [0.1, 0.15) is 20.8 Å². The Morgan fingerprint density at radius 2 is 2.08 bits per heavy atom. The first-order valence-corrected chi connectivity index (χ1v) is 3.95. The van der Waals surface area contributed by atoms with Gasteiger partial charge in [0.15, 0.2) is 0 Å². The molecule has 0 spiro atoms. The van der Waals surface area contributed by atoms with Crippen molar-refractivity contribution in [3.63, 3.8) is 0 Å². The molecule has 12 heavy (non-hydrogen) atoms. The van der Waals surface area contributed by atoms with Crippen LogP contribution in [0, 0.1) is 0 Å². The number of carbonyl (C=O) groups excluding carboxylic acids is 1. The minimum absolute atomic E-state index is 0.160. The molecule has 0 bridgehead atoms. The van der Waals surface area contributed by atoms with Crippen LogP contribution in [-0.4, -0.2) is 31.2 Å². The maximum atomic E-state index is 11.3. The van der Waals surface area contributed by atoms with Gasteiger partial charge in [-0.3, -0.25) is 4.79 Å². The van der Waals surface area contributed by atoms with Crippen LogP contribution in [0.25, 0.3) is 0 Å². The van der Waals surface area contributed by atoms with Gasteiger partial charge in [0, 0.05) is 19.2 Å². The van der Waals surface area contributed by atoms with E-state index in [0.29, 0.717) is 0 Å². The SMILES string of the molecule is COC(CN)C(=O)NC(C)(C)C. The monoisotopic (exact) mass is 174 g/mol. The van der Waals surface area contributed by atoms with E-state index in [0.717, 1.165) is 0 Å². The normalized spacial score (nSPS) is 14.1. The standard InChI is InChI=1S/C8H18N2O2/c1-8(2,3)10-7(11)6(5-9)12-4/h6H,5,9H2,1-4H3,(H,10,11). The topological polar surface area (TPSA) is 64.3 Å². The summed E-state index contributed by atoms with van der Waals surface area (Å²) in [7, 11) is 1.47. The Hall–Kier alpha value is -0.610. The van der Waals surface area contributed by atoms with Gasteiger partial charge in [-0.25, -0.2) is 0 Å². The van der Waals surface area contributed by atoms with Crippen molar-refractivity contribution in [1.29, 1.82) is 0 Å². The first-order chi connectivity index (χ1) is 5.40. The third kappa shape index (κ3) is 4.31. The van der Waals surface area contributed by atoms with Crippen LogP contribution < -0.4 is 11.1 Å². The van der Waals surface area contributed by atoms with Crippen LogP contribution in [0.5, 0.6) is 0 Å². The first kappa shape index (κ1) is 11.4. The van der Waals surface area contributed by atoms with Crippen molar-refractivity contribution in [2.45, 2.75) is 32.4 Å². The van der Waals surface area contributed by atoms with E-state index in [1.54, 1.807) is 0 Å². The second kappa shape index (κ2) is 4.42. The molecular weight excluding hydrogens is 156 g/mol. The van der Waals surface area contributed by atoms with Crippen molar-refractivity contribution >= 4 is 5.91 Å². The average molecular weight is 174 g/mol. The molecule has 4 heteroatoms. The molecule has 0 saturated heterocycles. The van der Waals surface area contributed by atoms with E-state index < -0.39 is 6.10 Å². The zero-order chi connectivity index (χ0) is 9.78. The lowest BCUT2D eigenvalue weighted by atomic mass is 10.1. The fourth-order valence-electron chi connectivity index (χ4n) is 0.760. The zero-order valence-corrected chi connectivity index (χ0v) is 8.18. The van der Waals surface area contributed by atoms with E-state index in [4.69, 9.17) is 10.5 Å². The number of methoxy groups -OCH3 is 1. The van der Waals surface area contributed by atoms with Crippen molar-refractivity contribution < 1.29 is 9.53 Å². The molecule has 4 nitrogen and oxygen atoms in total. The summed E-state index contributed by atoms with van der Waals surface area (Å²) >= 11 is 0. The number of hydrogen-bond acceptors (Lipinski definition) is 3. The lowest BCUT2D eigenvalue weighted by Crippen LogP contribution is -2.48. The Balaban J connectivity index is 4.02. The predicted octanol–water partition coefficient (Wildman–Crippen LogP) is -0.125. The van der Waals surface area contributed by atoms with E-state index in [1.165, 1.54) is 7.11 Å². The lowest BCUT2D eigenvalue weighted by Gasteiger charge is -2.23. The van der Waals surface area contributed by atoms with Gasteiger partial charge in [-0.1, -0.05) is 0 Å².